The Morgan fingerprint density at radius 2 is 2.06 bits per heavy atom. The molecule has 0 aliphatic heterocycles. The molecule has 0 amide bonds. The topological polar surface area (TPSA) is 34.9 Å². The molecule has 96 valence electrons. The summed E-state index contributed by atoms with van der Waals surface area (Å²) < 4.78 is 1.83. The van der Waals surface area contributed by atoms with E-state index in [-0.39, 0.29) is 12.4 Å². The fourth-order valence-electron chi connectivity index (χ4n) is 1.60. The highest BCUT2D eigenvalue weighted by molar-refractivity contribution is 7.98. The summed E-state index contributed by atoms with van der Waals surface area (Å²) in [5.74, 6) is 0. The van der Waals surface area contributed by atoms with Gasteiger partial charge in [-0.1, -0.05) is 42.1 Å². The van der Waals surface area contributed by atoms with Crippen LogP contribution in [0.2, 0.25) is 0 Å². The molecule has 1 aromatic carbocycles. The molecule has 6 heteroatoms. The van der Waals surface area contributed by atoms with Gasteiger partial charge in [0.25, 0.3) is 5.24 Å². The fraction of sp³-hybridized carbons (Fsp3) is 0.167. The first-order valence-corrected chi connectivity index (χ1v) is 6.66. The second kappa shape index (κ2) is 6.83. The Kier molecular flexibility index (Phi) is 5.72. The number of benzene rings is 1. The number of carbonyl (C=O) groups excluding carboxylic acids is 1. The minimum Gasteiger partial charge on any atom is -0.311 e. The first-order chi connectivity index (χ1) is 8.22. The highest BCUT2D eigenvalue weighted by atomic mass is 35.5. The zero-order chi connectivity index (χ0) is 12.3. The predicted molar refractivity (Wildman–Crippen MR) is 77.0 cm³/mol. The van der Waals surface area contributed by atoms with Gasteiger partial charge in [-0.3, -0.25) is 4.79 Å². The van der Waals surface area contributed by atoms with Gasteiger partial charge in [-0.05, 0) is 23.4 Å². The Morgan fingerprint density at radius 3 is 2.61 bits per heavy atom. The zero-order valence-electron chi connectivity index (χ0n) is 9.67. The van der Waals surface area contributed by atoms with Crippen LogP contribution >= 0.6 is 35.8 Å². The number of imidazole rings is 1. The van der Waals surface area contributed by atoms with E-state index in [9.17, 15) is 4.79 Å². The standard InChI is InChI=1S/C12H11ClN2OS.ClH/c1-17-12-14-7-10(11(13)16)15(12)8-9-5-3-2-4-6-9;/h2-7H,8H2,1H3;1H. The minimum atomic E-state index is -0.478. The van der Waals surface area contributed by atoms with Crippen molar-refractivity contribution in [2.24, 2.45) is 0 Å². The molecule has 0 unspecified atom stereocenters. The summed E-state index contributed by atoms with van der Waals surface area (Å²) in [6.07, 6.45) is 3.44. The van der Waals surface area contributed by atoms with Gasteiger partial charge < -0.3 is 4.57 Å². The average Bonchev–Trinajstić information content (AvgIpc) is 2.73. The van der Waals surface area contributed by atoms with E-state index in [1.54, 1.807) is 0 Å². The number of aromatic nitrogens is 2. The largest absolute Gasteiger partial charge is 0.311 e. The van der Waals surface area contributed by atoms with E-state index >= 15 is 0 Å². The van der Waals surface area contributed by atoms with Crippen molar-refractivity contribution < 1.29 is 4.79 Å². The molecular formula is C12H12Cl2N2OS. The molecular weight excluding hydrogens is 291 g/mol. The first kappa shape index (κ1) is 15.1. The highest BCUT2D eigenvalue weighted by Crippen LogP contribution is 2.19. The molecule has 0 atom stereocenters. The molecule has 18 heavy (non-hydrogen) atoms. The van der Waals surface area contributed by atoms with E-state index in [4.69, 9.17) is 11.6 Å². The Balaban J connectivity index is 0.00000162. The maximum atomic E-state index is 11.3. The molecule has 0 saturated carbocycles. The van der Waals surface area contributed by atoms with Crippen LogP contribution in [0.5, 0.6) is 0 Å². The SMILES string of the molecule is CSc1ncc(C(=O)Cl)n1Cc1ccccc1.Cl. The molecule has 1 aromatic heterocycles. The maximum Gasteiger partial charge on any atom is 0.270 e. The Morgan fingerprint density at radius 1 is 1.39 bits per heavy atom. The van der Waals surface area contributed by atoms with Crippen molar-refractivity contribution in [3.05, 3.63) is 47.8 Å². The Hall–Kier alpha value is -0.970. The van der Waals surface area contributed by atoms with Crippen molar-refractivity contribution in [1.82, 2.24) is 9.55 Å². The van der Waals surface area contributed by atoms with Crippen molar-refractivity contribution in [3.63, 3.8) is 0 Å². The summed E-state index contributed by atoms with van der Waals surface area (Å²) >= 11 is 7.03. The average molecular weight is 303 g/mol. The van der Waals surface area contributed by atoms with Crippen LogP contribution in [0.3, 0.4) is 0 Å². The number of carbonyl (C=O) groups is 1. The molecule has 0 bridgehead atoms. The van der Waals surface area contributed by atoms with Crippen LogP contribution in [0, 0.1) is 0 Å². The third-order valence-electron chi connectivity index (χ3n) is 2.39. The lowest BCUT2D eigenvalue weighted by molar-refractivity contribution is 0.107. The molecule has 0 N–H and O–H groups in total. The predicted octanol–water partition coefficient (Wildman–Crippen LogP) is 3.45. The molecule has 3 nitrogen and oxygen atoms in total. The van der Waals surface area contributed by atoms with Gasteiger partial charge in [0.15, 0.2) is 5.16 Å². The van der Waals surface area contributed by atoms with Crippen LogP contribution in [0.15, 0.2) is 41.7 Å². The molecule has 0 fully saturated rings. The van der Waals surface area contributed by atoms with Crippen LogP contribution < -0.4 is 0 Å². The summed E-state index contributed by atoms with van der Waals surface area (Å²) in [5.41, 5.74) is 1.54. The summed E-state index contributed by atoms with van der Waals surface area (Å²) in [6.45, 7) is 0.602. The van der Waals surface area contributed by atoms with Gasteiger partial charge in [0.2, 0.25) is 0 Å². The fourth-order valence-corrected chi connectivity index (χ4v) is 2.29. The number of hydrogen-bond donors (Lipinski definition) is 0. The van der Waals surface area contributed by atoms with Crippen LogP contribution in [0.25, 0.3) is 0 Å². The molecule has 1 heterocycles. The normalized spacial score (nSPS) is 9.89. The molecule has 0 aliphatic carbocycles. The van der Waals surface area contributed by atoms with Crippen LogP contribution in [0.4, 0.5) is 0 Å². The molecule has 2 aromatic rings. The number of hydrogen-bond acceptors (Lipinski definition) is 3. The van der Waals surface area contributed by atoms with Gasteiger partial charge in [-0.2, -0.15) is 0 Å². The van der Waals surface area contributed by atoms with Gasteiger partial charge >= 0.3 is 0 Å². The monoisotopic (exact) mass is 302 g/mol. The van der Waals surface area contributed by atoms with Crippen molar-refractivity contribution >= 4 is 41.0 Å². The first-order valence-electron chi connectivity index (χ1n) is 5.05. The zero-order valence-corrected chi connectivity index (χ0v) is 12.1. The maximum absolute atomic E-state index is 11.3. The second-order valence-corrected chi connectivity index (χ2v) is 4.59. The van der Waals surface area contributed by atoms with Crippen molar-refractivity contribution in [2.75, 3.05) is 6.26 Å². The summed E-state index contributed by atoms with van der Waals surface area (Å²) in [4.78, 5) is 15.5. The lowest BCUT2D eigenvalue weighted by atomic mass is 10.2. The van der Waals surface area contributed by atoms with E-state index in [0.717, 1.165) is 10.7 Å². The van der Waals surface area contributed by atoms with Crippen LogP contribution in [-0.2, 0) is 6.54 Å². The van der Waals surface area contributed by atoms with Crippen LogP contribution in [-0.4, -0.2) is 21.0 Å². The quantitative estimate of drug-likeness (QED) is 0.641. The molecule has 0 radical (unpaired) electrons. The molecule has 0 saturated heterocycles. The van der Waals surface area contributed by atoms with Gasteiger partial charge in [-0.25, -0.2) is 4.98 Å². The number of nitrogens with zero attached hydrogens (tertiary/aromatic N) is 2. The lowest BCUT2D eigenvalue weighted by Gasteiger charge is -2.08. The molecule has 0 aliphatic rings. The van der Waals surface area contributed by atoms with Crippen LogP contribution in [0.1, 0.15) is 16.1 Å². The van der Waals surface area contributed by atoms with Gasteiger partial charge in [0, 0.05) is 0 Å². The molecule has 2 rings (SSSR count). The summed E-state index contributed by atoms with van der Waals surface area (Å²) in [7, 11) is 0. The summed E-state index contributed by atoms with van der Waals surface area (Å²) in [5, 5.41) is 0.312. The highest BCUT2D eigenvalue weighted by Gasteiger charge is 2.14. The van der Waals surface area contributed by atoms with Gasteiger partial charge in [0.05, 0.1) is 12.7 Å². The van der Waals surface area contributed by atoms with Gasteiger partial charge in [0.1, 0.15) is 5.69 Å². The van der Waals surface area contributed by atoms with E-state index in [2.05, 4.69) is 4.98 Å². The van der Waals surface area contributed by atoms with E-state index in [0.29, 0.717) is 12.2 Å². The third kappa shape index (κ3) is 3.28. The second-order valence-electron chi connectivity index (χ2n) is 3.48. The summed E-state index contributed by atoms with van der Waals surface area (Å²) in [6, 6.07) is 9.90. The van der Waals surface area contributed by atoms with Gasteiger partial charge in [-0.15, -0.1) is 12.4 Å². The number of rotatable bonds is 4. The number of thioether (sulfide) groups is 1. The lowest BCUT2D eigenvalue weighted by Crippen LogP contribution is -2.07. The van der Waals surface area contributed by atoms with Crippen molar-refractivity contribution in [1.29, 1.82) is 0 Å². The molecule has 0 spiro atoms. The van der Waals surface area contributed by atoms with Crippen molar-refractivity contribution in [3.8, 4) is 0 Å². The van der Waals surface area contributed by atoms with E-state index < -0.39 is 5.24 Å². The van der Waals surface area contributed by atoms with Crippen molar-refractivity contribution in [2.45, 2.75) is 11.7 Å². The number of halogens is 2. The Labute approximate surface area is 121 Å². The smallest absolute Gasteiger partial charge is 0.270 e. The Bertz CT molecular complexity index is 528. The van der Waals surface area contributed by atoms with E-state index in [1.165, 1.54) is 18.0 Å². The third-order valence-corrected chi connectivity index (χ3v) is 3.27. The minimum absolute atomic E-state index is 0. The van der Waals surface area contributed by atoms with E-state index in [1.807, 2.05) is 41.2 Å².